The zero-order chi connectivity index (χ0) is 11.7. The van der Waals surface area contributed by atoms with Crippen LogP contribution in [0, 0.1) is 11.3 Å². The Labute approximate surface area is 84.9 Å². The molecule has 15 heavy (non-hydrogen) atoms. The van der Waals surface area contributed by atoms with Crippen LogP contribution >= 0.6 is 0 Å². The van der Waals surface area contributed by atoms with Gasteiger partial charge in [-0.2, -0.15) is 13.2 Å². The fourth-order valence-corrected chi connectivity index (χ4v) is 2.05. The molecule has 0 aromatic carbocycles. The SMILES string of the molecule is O=C(O)C1(CO)CCCC(C(F)(F)F)C1. The molecule has 0 aromatic rings. The van der Waals surface area contributed by atoms with E-state index in [1.54, 1.807) is 0 Å². The first-order chi connectivity index (χ1) is 6.82. The van der Waals surface area contributed by atoms with Crippen molar-refractivity contribution in [1.29, 1.82) is 0 Å². The molecular weight excluding hydrogens is 213 g/mol. The fourth-order valence-electron chi connectivity index (χ4n) is 2.05. The smallest absolute Gasteiger partial charge is 0.391 e. The molecule has 1 aliphatic rings. The van der Waals surface area contributed by atoms with Crippen molar-refractivity contribution in [2.45, 2.75) is 31.9 Å². The van der Waals surface area contributed by atoms with Gasteiger partial charge in [0, 0.05) is 0 Å². The molecule has 1 rings (SSSR count). The molecule has 1 aliphatic carbocycles. The van der Waals surface area contributed by atoms with E-state index in [-0.39, 0.29) is 19.3 Å². The van der Waals surface area contributed by atoms with Gasteiger partial charge < -0.3 is 10.2 Å². The number of aliphatic hydroxyl groups excluding tert-OH is 1. The summed E-state index contributed by atoms with van der Waals surface area (Å²) in [5.74, 6) is -2.94. The molecular formula is C9H13F3O3. The first kappa shape index (κ1) is 12.3. The molecule has 88 valence electrons. The topological polar surface area (TPSA) is 57.5 Å². The van der Waals surface area contributed by atoms with Gasteiger partial charge in [0.1, 0.15) is 0 Å². The quantitative estimate of drug-likeness (QED) is 0.754. The van der Waals surface area contributed by atoms with Gasteiger partial charge >= 0.3 is 12.1 Å². The Hall–Kier alpha value is -0.780. The molecule has 0 spiro atoms. The number of hydrogen-bond donors (Lipinski definition) is 2. The second kappa shape index (κ2) is 4.00. The zero-order valence-electron chi connectivity index (χ0n) is 8.05. The molecule has 0 aliphatic heterocycles. The molecule has 2 N–H and O–H groups in total. The highest BCUT2D eigenvalue weighted by Crippen LogP contribution is 2.45. The van der Waals surface area contributed by atoms with Crippen LogP contribution in [0.4, 0.5) is 13.2 Å². The Morgan fingerprint density at radius 1 is 1.47 bits per heavy atom. The Bertz CT molecular complexity index is 251. The summed E-state index contributed by atoms with van der Waals surface area (Å²) in [5.41, 5.74) is -1.60. The lowest BCUT2D eigenvalue weighted by Gasteiger charge is -2.36. The van der Waals surface area contributed by atoms with Crippen LogP contribution in [-0.4, -0.2) is 29.0 Å². The number of alkyl halides is 3. The lowest BCUT2D eigenvalue weighted by molar-refractivity contribution is -0.198. The summed E-state index contributed by atoms with van der Waals surface area (Å²) in [6.07, 6.45) is -4.61. The maximum absolute atomic E-state index is 12.4. The van der Waals surface area contributed by atoms with E-state index >= 15 is 0 Å². The molecule has 0 saturated heterocycles. The van der Waals surface area contributed by atoms with E-state index in [4.69, 9.17) is 10.2 Å². The molecule has 1 fully saturated rings. The average molecular weight is 226 g/mol. The Morgan fingerprint density at radius 3 is 2.47 bits per heavy atom. The normalized spacial score (nSPS) is 32.7. The van der Waals surface area contributed by atoms with Crippen LogP contribution in [0.25, 0.3) is 0 Å². The fraction of sp³-hybridized carbons (Fsp3) is 0.889. The molecule has 0 radical (unpaired) electrons. The van der Waals surface area contributed by atoms with E-state index in [0.717, 1.165) is 0 Å². The van der Waals surface area contributed by atoms with Crippen LogP contribution in [0.2, 0.25) is 0 Å². The summed E-state index contributed by atoms with van der Waals surface area (Å²) in [6.45, 7) is -0.727. The largest absolute Gasteiger partial charge is 0.481 e. The van der Waals surface area contributed by atoms with Gasteiger partial charge in [0.15, 0.2) is 0 Å². The molecule has 0 bridgehead atoms. The first-order valence-electron chi connectivity index (χ1n) is 4.73. The predicted octanol–water partition coefficient (Wildman–Crippen LogP) is 1.80. The van der Waals surface area contributed by atoms with Crippen molar-refractivity contribution in [3.8, 4) is 0 Å². The number of aliphatic carboxylic acids is 1. The molecule has 0 aromatic heterocycles. The van der Waals surface area contributed by atoms with Gasteiger partial charge in [-0.05, 0) is 19.3 Å². The van der Waals surface area contributed by atoms with Crippen LogP contribution in [-0.2, 0) is 4.79 Å². The van der Waals surface area contributed by atoms with Crippen molar-refractivity contribution in [2.24, 2.45) is 11.3 Å². The Balaban J connectivity index is 2.82. The van der Waals surface area contributed by atoms with Crippen molar-refractivity contribution >= 4 is 5.97 Å². The molecule has 3 nitrogen and oxygen atoms in total. The Morgan fingerprint density at radius 2 is 2.07 bits per heavy atom. The standard InChI is InChI=1S/C9H13F3O3/c10-9(11,12)6-2-1-3-8(4-6,5-13)7(14)15/h6,13H,1-5H2,(H,14,15). The van der Waals surface area contributed by atoms with E-state index in [9.17, 15) is 18.0 Å². The molecule has 6 heteroatoms. The number of carboxylic acid groups (broad SMARTS) is 1. The van der Waals surface area contributed by atoms with Gasteiger partial charge in [-0.25, -0.2) is 0 Å². The van der Waals surface area contributed by atoms with E-state index in [1.807, 2.05) is 0 Å². The highest BCUT2D eigenvalue weighted by molar-refractivity contribution is 5.75. The number of halogens is 3. The lowest BCUT2D eigenvalue weighted by Crippen LogP contribution is -2.43. The number of aliphatic hydroxyl groups is 1. The average Bonchev–Trinajstić information content (AvgIpc) is 2.16. The van der Waals surface area contributed by atoms with Crippen molar-refractivity contribution in [3.05, 3.63) is 0 Å². The number of rotatable bonds is 2. The summed E-state index contributed by atoms with van der Waals surface area (Å²) in [6, 6.07) is 0. The van der Waals surface area contributed by atoms with Crippen molar-refractivity contribution < 1.29 is 28.2 Å². The first-order valence-corrected chi connectivity index (χ1v) is 4.73. The van der Waals surface area contributed by atoms with Crippen molar-refractivity contribution in [2.75, 3.05) is 6.61 Å². The second-order valence-electron chi connectivity index (χ2n) is 4.08. The van der Waals surface area contributed by atoms with Crippen molar-refractivity contribution in [1.82, 2.24) is 0 Å². The summed E-state index contributed by atoms with van der Waals surface area (Å²) in [4.78, 5) is 10.9. The minimum Gasteiger partial charge on any atom is -0.481 e. The van der Waals surface area contributed by atoms with Gasteiger partial charge in [0.25, 0.3) is 0 Å². The van der Waals surface area contributed by atoms with Crippen LogP contribution < -0.4 is 0 Å². The van der Waals surface area contributed by atoms with E-state index in [2.05, 4.69) is 0 Å². The third-order valence-electron chi connectivity index (χ3n) is 3.06. The highest BCUT2D eigenvalue weighted by atomic mass is 19.4. The molecule has 2 unspecified atom stereocenters. The van der Waals surface area contributed by atoms with Gasteiger partial charge in [-0.3, -0.25) is 4.79 Å². The molecule has 0 heterocycles. The third-order valence-corrected chi connectivity index (χ3v) is 3.06. The summed E-state index contributed by atoms with van der Waals surface area (Å²) >= 11 is 0. The molecule has 2 atom stereocenters. The third kappa shape index (κ3) is 2.42. The van der Waals surface area contributed by atoms with Gasteiger partial charge in [0.2, 0.25) is 0 Å². The second-order valence-corrected chi connectivity index (χ2v) is 4.08. The summed E-state index contributed by atoms with van der Waals surface area (Å²) < 4.78 is 37.2. The molecule has 0 amide bonds. The zero-order valence-corrected chi connectivity index (χ0v) is 8.05. The van der Waals surface area contributed by atoms with Crippen LogP contribution in [0.15, 0.2) is 0 Å². The van der Waals surface area contributed by atoms with Crippen LogP contribution in [0.5, 0.6) is 0 Å². The summed E-state index contributed by atoms with van der Waals surface area (Å²) in [5, 5.41) is 17.8. The summed E-state index contributed by atoms with van der Waals surface area (Å²) in [7, 11) is 0. The minimum absolute atomic E-state index is 0.0431. The van der Waals surface area contributed by atoms with E-state index in [0.29, 0.717) is 0 Å². The predicted molar refractivity (Wildman–Crippen MR) is 45.2 cm³/mol. The molecule has 1 saturated carbocycles. The van der Waals surface area contributed by atoms with E-state index < -0.39 is 36.5 Å². The van der Waals surface area contributed by atoms with Gasteiger partial charge in [-0.15, -0.1) is 0 Å². The van der Waals surface area contributed by atoms with Crippen LogP contribution in [0.1, 0.15) is 25.7 Å². The van der Waals surface area contributed by atoms with E-state index in [1.165, 1.54) is 0 Å². The number of hydrogen-bond acceptors (Lipinski definition) is 2. The van der Waals surface area contributed by atoms with Crippen LogP contribution in [0.3, 0.4) is 0 Å². The Kier molecular flexibility index (Phi) is 3.28. The maximum Gasteiger partial charge on any atom is 0.391 e. The minimum atomic E-state index is -4.36. The van der Waals surface area contributed by atoms with Gasteiger partial charge in [0.05, 0.1) is 17.9 Å². The number of carbonyl (C=O) groups is 1. The monoisotopic (exact) mass is 226 g/mol. The maximum atomic E-state index is 12.4. The highest BCUT2D eigenvalue weighted by Gasteiger charge is 2.50. The van der Waals surface area contributed by atoms with Crippen molar-refractivity contribution in [3.63, 3.8) is 0 Å². The number of carboxylic acids is 1. The lowest BCUT2D eigenvalue weighted by atomic mass is 9.70. The van der Waals surface area contributed by atoms with Gasteiger partial charge in [-0.1, -0.05) is 6.42 Å².